The summed E-state index contributed by atoms with van der Waals surface area (Å²) in [6, 6.07) is 21.7. The van der Waals surface area contributed by atoms with Gasteiger partial charge >= 0.3 is 0 Å². The average Bonchev–Trinajstić information content (AvgIpc) is 2.58. The SMILES string of the molecule is C1=C2CC=c3cc4ccccc4cc3=C2Nc2ccccc21. The molecule has 3 aromatic rings. The molecule has 0 spiro atoms. The molecule has 5 rings (SSSR count). The molecular formula is C21H15N. The number of nitrogens with one attached hydrogen (secondary N) is 1. The van der Waals surface area contributed by atoms with Crippen LogP contribution in [-0.2, 0) is 0 Å². The monoisotopic (exact) mass is 281 g/mol. The van der Waals surface area contributed by atoms with Gasteiger partial charge in [-0.1, -0.05) is 48.5 Å². The number of fused-ring (bicyclic) bond motifs is 4. The van der Waals surface area contributed by atoms with Crippen LogP contribution < -0.4 is 15.8 Å². The number of benzene rings is 3. The van der Waals surface area contributed by atoms with E-state index in [2.05, 4.69) is 78.1 Å². The van der Waals surface area contributed by atoms with Crippen LogP contribution in [-0.4, -0.2) is 0 Å². The Kier molecular flexibility index (Phi) is 2.33. The zero-order chi connectivity index (χ0) is 14.5. The van der Waals surface area contributed by atoms with Crippen LogP contribution >= 0.6 is 0 Å². The van der Waals surface area contributed by atoms with Crippen LogP contribution in [0, 0.1) is 0 Å². The van der Waals surface area contributed by atoms with E-state index in [1.54, 1.807) is 0 Å². The van der Waals surface area contributed by atoms with E-state index >= 15 is 0 Å². The number of rotatable bonds is 0. The smallest absolute Gasteiger partial charge is 0.0500 e. The van der Waals surface area contributed by atoms with Crippen LogP contribution in [0.25, 0.3) is 28.6 Å². The molecule has 104 valence electrons. The van der Waals surface area contributed by atoms with Gasteiger partial charge in [0.2, 0.25) is 0 Å². The van der Waals surface area contributed by atoms with E-state index in [-0.39, 0.29) is 0 Å². The Balaban J connectivity index is 1.87. The molecular weight excluding hydrogens is 266 g/mol. The molecule has 1 aliphatic carbocycles. The lowest BCUT2D eigenvalue weighted by molar-refractivity contribution is 1.27. The first-order chi connectivity index (χ1) is 10.9. The fourth-order valence-corrected chi connectivity index (χ4v) is 3.48. The van der Waals surface area contributed by atoms with Gasteiger partial charge in [-0.2, -0.15) is 0 Å². The fraction of sp³-hybridized carbons (Fsp3) is 0.0476. The van der Waals surface area contributed by atoms with Gasteiger partial charge in [-0.05, 0) is 57.8 Å². The van der Waals surface area contributed by atoms with E-state index in [1.165, 1.54) is 43.7 Å². The molecule has 0 fully saturated rings. The van der Waals surface area contributed by atoms with E-state index in [4.69, 9.17) is 0 Å². The van der Waals surface area contributed by atoms with Crippen LogP contribution in [0.5, 0.6) is 0 Å². The van der Waals surface area contributed by atoms with Crippen LogP contribution in [0.4, 0.5) is 5.69 Å². The van der Waals surface area contributed by atoms with E-state index in [0.29, 0.717) is 0 Å². The topological polar surface area (TPSA) is 12.0 Å². The van der Waals surface area contributed by atoms with Crippen molar-refractivity contribution in [1.82, 2.24) is 0 Å². The Morgan fingerprint density at radius 2 is 1.59 bits per heavy atom. The Hall–Kier alpha value is -2.80. The maximum atomic E-state index is 3.65. The first kappa shape index (κ1) is 11.8. The van der Waals surface area contributed by atoms with Gasteiger partial charge in [0.15, 0.2) is 0 Å². The van der Waals surface area contributed by atoms with Crippen LogP contribution in [0.2, 0.25) is 0 Å². The molecule has 22 heavy (non-hydrogen) atoms. The van der Waals surface area contributed by atoms with Gasteiger partial charge in [-0.25, -0.2) is 0 Å². The zero-order valence-corrected chi connectivity index (χ0v) is 12.1. The van der Waals surface area contributed by atoms with Gasteiger partial charge in [-0.15, -0.1) is 0 Å². The highest BCUT2D eigenvalue weighted by Crippen LogP contribution is 2.31. The van der Waals surface area contributed by atoms with Crippen molar-refractivity contribution in [2.24, 2.45) is 0 Å². The van der Waals surface area contributed by atoms with Gasteiger partial charge in [0.1, 0.15) is 0 Å². The standard InChI is InChI=1S/C21H15N/c1-2-6-15-13-19-16(11-14(15)5-1)9-10-18-12-17-7-3-4-8-20(17)22-21(18)19/h1-9,11-13,22H,10H2. The van der Waals surface area contributed by atoms with Crippen molar-refractivity contribution < 1.29 is 0 Å². The molecule has 0 amide bonds. The third-order valence-corrected chi connectivity index (χ3v) is 4.60. The molecule has 2 aliphatic rings. The lowest BCUT2D eigenvalue weighted by Crippen LogP contribution is -2.33. The second-order valence-electron chi connectivity index (χ2n) is 5.95. The first-order valence-electron chi connectivity index (χ1n) is 7.69. The third-order valence-electron chi connectivity index (χ3n) is 4.60. The highest BCUT2D eigenvalue weighted by Gasteiger charge is 2.17. The van der Waals surface area contributed by atoms with Gasteiger partial charge in [0.25, 0.3) is 0 Å². The zero-order valence-electron chi connectivity index (χ0n) is 12.1. The molecule has 0 unspecified atom stereocenters. The van der Waals surface area contributed by atoms with Gasteiger partial charge in [0, 0.05) is 16.6 Å². The molecule has 1 heteroatoms. The Morgan fingerprint density at radius 3 is 2.50 bits per heavy atom. The van der Waals surface area contributed by atoms with Crippen molar-refractivity contribution in [1.29, 1.82) is 0 Å². The maximum absolute atomic E-state index is 3.65. The second-order valence-corrected chi connectivity index (χ2v) is 5.95. The molecule has 0 saturated heterocycles. The van der Waals surface area contributed by atoms with Crippen LogP contribution in [0.3, 0.4) is 0 Å². The number of hydrogen-bond donors (Lipinski definition) is 1. The Morgan fingerprint density at radius 1 is 0.818 bits per heavy atom. The quantitative estimate of drug-likeness (QED) is 0.663. The molecule has 1 nitrogen and oxygen atoms in total. The molecule has 0 aromatic heterocycles. The summed E-state index contributed by atoms with van der Waals surface area (Å²) in [7, 11) is 0. The molecule has 0 atom stereocenters. The van der Waals surface area contributed by atoms with Crippen molar-refractivity contribution in [3.63, 3.8) is 0 Å². The van der Waals surface area contributed by atoms with Crippen molar-refractivity contribution in [2.45, 2.75) is 6.42 Å². The highest BCUT2D eigenvalue weighted by atomic mass is 14.9. The lowest BCUT2D eigenvalue weighted by Gasteiger charge is -2.24. The normalized spacial score (nSPS) is 15.1. The summed E-state index contributed by atoms with van der Waals surface area (Å²) in [6.45, 7) is 0. The third kappa shape index (κ3) is 1.66. The van der Waals surface area contributed by atoms with Crippen molar-refractivity contribution in [3.8, 4) is 0 Å². The Bertz CT molecular complexity index is 1070. The van der Waals surface area contributed by atoms with Crippen LogP contribution in [0.1, 0.15) is 12.0 Å². The molecule has 1 N–H and O–H groups in total. The summed E-state index contributed by atoms with van der Waals surface area (Å²) in [5, 5.41) is 8.89. The van der Waals surface area contributed by atoms with Crippen molar-refractivity contribution in [3.05, 3.63) is 82.2 Å². The second kappa shape index (κ2) is 4.35. The van der Waals surface area contributed by atoms with Crippen molar-refractivity contribution in [2.75, 3.05) is 5.32 Å². The van der Waals surface area contributed by atoms with Crippen molar-refractivity contribution >= 4 is 34.3 Å². The van der Waals surface area contributed by atoms with Crippen LogP contribution in [0.15, 0.2) is 66.2 Å². The summed E-state index contributed by atoms with van der Waals surface area (Å²) in [4.78, 5) is 0. The van der Waals surface area contributed by atoms with E-state index in [0.717, 1.165) is 6.42 Å². The highest BCUT2D eigenvalue weighted by molar-refractivity contribution is 5.93. The summed E-state index contributed by atoms with van der Waals surface area (Å²) >= 11 is 0. The molecule has 3 aromatic carbocycles. The fourth-order valence-electron chi connectivity index (χ4n) is 3.48. The summed E-state index contributed by atoms with van der Waals surface area (Å²) in [5.41, 5.74) is 5.12. The molecule has 0 radical (unpaired) electrons. The summed E-state index contributed by atoms with van der Waals surface area (Å²) in [6.07, 6.45) is 5.64. The Labute approximate surface area is 128 Å². The minimum Gasteiger partial charge on any atom is -0.354 e. The largest absolute Gasteiger partial charge is 0.354 e. The predicted octanol–water partition coefficient (Wildman–Crippen LogP) is 3.64. The molecule has 1 aliphatic heterocycles. The van der Waals surface area contributed by atoms with E-state index < -0.39 is 0 Å². The minimum atomic E-state index is 0.988. The minimum absolute atomic E-state index is 0.988. The summed E-state index contributed by atoms with van der Waals surface area (Å²) < 4.78 is 0. The number of hydrogen-bond acceptors (Lipinski definition) is 1. The van der Waals surface area contributed by atoms with Gasteiger partial charge < -0.3 is 5.32 Å². The van der Waals surface area contributed by atoms with E-state index in [9.17, 15) is 0 Å². The van der Waals surface area contributed by atoms with Gasteiger partial charge in [0.05, 0.1) is 0 Å². The predicted molar refractivity (Wildman–Crippen MR) is 93.7 cm³/mol. The summed E-state index contributed by atoms with van der Waals surface area (Å²) in [5.74, 6) is 0. The molecule has 1 heterocycles. The maximum Gasteiger partial charge on any atom is 0.0500 e. The first-order valence-corrected chi connectivity index (χ1v) is 7.69. The molecule has 0 saturated carbocycles. The lowest BCUT2D eigenvalue weighted by atomic mass is 9.92. The van der Waals surface area contributed by atoms with Gasteiger partial charge in [-0.3, -0.25) is 0 Å². The molecule has 0 bridgehead atoms. The number of para-hydroxylation sites is 1. The number of anilines is 1. The average molecular weight is 281 g/mol. The van der Waals surface area contributed by atoms with E-state index in [1.807, 2.05) is 0 Å².